The Labute approximate surface area is 84.3 Å². The smallest absolute Gasteiger partial charge is 0.119 e. The zero-order valence-electron chi connectivity index (χ0n) is 8.45. The first-order chi connectivity index (χ1) is 6.72. The Morgan fingerprint density at radius 1 is 1.43 bits per heavy atom. The van der Waals surface area contributed by atoms with E-state index in [4.69, 9.17) is 9.47 Å². The Bertz CT molecular complexity index is 293. The van der Waals surface area contributed by atoms with E-state index in [1.807, 2.05) is 12.1 Å². The van der Waals surface area contributed by atoms with Crippen molar-refractivity contribution in [2.75, 3.05) is 20.8 Å². The van der Waals surface area contributed by atoms with Crippen molar-refractivity contribution in [2.45, 2.75) is 6.10 Å². The molecule has 3 heteroatoms. The Morgan fingerprint density at radius 2 is 2.14 bits per heavy atom. The van der Waals surface area contributed by atoms with Crippen molar-refractivity contribution >= 4 is 0 Å². The molecule has 0 saturated heterocycles. The summed E-state index contributed by atoms with van der Waals surface area (Å²) in [5, 5.41) is 10.8. The third-order valence-electron chi connectivity index (χ3n) is 2.14. The van der Waals surface area contributed by atoms with Crippen molar-refractivity contribution < 1.29 is 14.6 Å². The summed E-state index contributed by atoms with van der Waals surface area (Å²) in [5.41, 5.74) is 1.59. The Morgan fingerprint density at radius 3 is 2.64 bits per heavy atom. The van der Waals surface area contributed by atoms with Gasteiger partial charge in [-0.25, -0.2) is 5.11 Å². The highest BCUT2D eigenvalue weighted by atomic mass is 16.5. The molecule has 0 aliphatic carbocycles. The summed E-state index contributed by atoms with van der Waals surface area (Å²) in [6.07, 6.45) is -0.447. The molecule has 0 bridgehead atoms. The van der Waals surface area contributed by atoms with Crippen LogP contribution in [0.25, 0.3) is 0 Å². The summed E-state index contributed by atoms with van der Waals surface area (Å²) in [7, 11) is 3.10. The summed E-state index contributed by atoms with van der Waals surface area (Å²) in [6, 6.07) is 5.41. The lowest BCUT2D eigenvalue weighted by Crippen LogP contribution is -2.07. The maximum Gasteiger partial charge on any atom is 0.119 e. The first-order valence-electron chi connectivity index (χ1n) is 4.33. The molecular formula is C11H14O3. The van der Waals surface area contributed by atoms with Gasteiger partial charge in [-0.3, -0.25) is 0 Å². The van der Waals surface area contributed by atoms with Gasteiger partial charge in [-0.1, -0.05) is 6.07 Å². The predicted molar refractivity (Wildman–Crippen MR) is 52.8 cm³/mol. The molecule has 1 unspecified atom stereocenters. The van der Waals surface area contributed by atoms with Crippen LogP contribution in [0.4, 0.5) is 0 Å². The minimum absolute atomic E-state index is 0.313. The van der Waals surface area contributed by atoms with Crippen LogP contribution in [-0.2, 0) is 9.84 Å². The fourth-order valence-electron chi connectivity index (χ4n) is 1.28. The highest BCUT2D eigenvalue weighted by Crippen LogP contribution is 2.24. The zero-order valence-corrected chi connectivity index (χ0v) is 8.45. The molecular weight excluding hydrogens is 180 g/mol. The van der Waals surface area contributed by atoms with Gasteiger partial charge in [-0.05, 0) is 30.2 Å². The number of hydrogen-bond donors (Lipinski definition) is 0. The van der Waals surface area contributed by atoms with Crippen LogP contribution in [0.2, 0.25) is 0 Å². The van der Waals surface area contributed by atoms with E-state index < -0.39 is 6.10 Å². The Hall–Kier alpha value is -1.06. The average molecular weight is 194 g/mol. The monoisotopic (exact) mass is 194 g/mol. The van der Waals surface area contributed by atoms with E-state index in [1.54, 1.807) is 13.2 Å². The van der Waals surface area contributed by atoms with Gasteiger partial charge in [0, 0.05) is 7.11 Å². The van der Waals surface area contributed by atoms with Crippen LogP contribution in [0.3, 0.4) is 0 Å². The normalized spacial score (nSPS) is 12.6. The van der Waals surface area contributed by atoms with Crippen LogP contribution in [-0.4, -0.2) is 20.8 Å². The van der Waals surface area contributed by atoms with Crippen molar-refractivity contribution in [1.82, 2.24) is 0 Å². The molecule has 0 aromatic heterocycles. The molecule has 0 N–H and O–H groups in total. The third-order valence-corrected chi connectivity index (χ3v) is 2.14. The topological polar surface area (TPSA) is 38.4 Å². The van der Waals surface area contributed by atoms with Gasteiger partial charge in [0.1, 0.15) is 18.5 Å². The van der Waals surface area contributed by atoms with Crippen LogP contribution in [0.5, 0.6) is 5.75 Å². The minimum atomic E-state index is -0.447. The maximum absolute atomic E-state index is 10.8. The van der Waals surface area contributed by atoms with Gasteiger partial charge in [-0.15, -0.1) is 0 Å². The molecule has 14 heavy (non-hydrogen) atoms. The quantitative estimate of drug-likeness (QED) is 0.735. The lowest BCUT2D eigenvalue weighted by Gasteiger charge is -2.15. The summed E-state index contributed by atoms with van der Waals surface area (Å²) in [5.74, 6) is 0.711. The summed E-state index contributed by atoms with van der Waals surface area (Å²) < 4.78 is 10.1. The minimum Gasteiger partial charge on any atom is -0.497 e. The number of methoxy groups -OCH3 is 2. The van der Waals surface area contributed by atoms with Crippen LogP contribution >= 0.6 is 0 Å². The van der Waals surface area contributed by atoms with Crippen molar-refractivity contribution in [1.29, 1.82) is 0 Å². The van der Waals surface area contributed by atoms with E-state index in [-0.39, 0.29) is 6.61 Å². The van der Waals surface area contributed by atoms with Gasteiger partial charge < -0.3 is 9.47 Å². The SMILES string of the molecule is [CH2]c1ccc(OC)cc1C(C[O])OC. The second-order valence-electron chi connectivity index (χ2n) is 2.96. The molecule has 0 aliphatic rings. The van der Waals surface area contributed by atoms with Crippen molar-refractivity contribution in [3.05, 3.63) is 36.2 Å². The highest BCUT2D eigenvalue weighted by molar-refractivity contribution is 5.38. The largest absolute Gasteiger partial charge is 0.497 e. The first kappa shape index (κ1) is 11.0. The predicted octanol–water partition coefficient (Wildman–Crippen LogP) is 2.00. The van der Waals surface area contributed by atoms with Gasteiger partial charge in [-0.2, -0.15) is 0 Å². The lowest BCUT2D eigenvalue weighted by molar-refractivity contribution is 0.0191. The first-order valence-corrected chi connectivity index (χ1v) is 4.33. The average Bonchev–Trinajstić information content (AvgIpc) is 2.22. The number of ether oxygens (including phenoxy) is 2. The van der Waals surface area contributed by atoms with E-state index in [0.717, 1.165) is 11.1 Å². The van der Waals surface area contributed by atoms with Gasteiger partial charge in [0.15, 0.2) is 0 Å². The van der Waals surface area contributed by atoms with Crippen LogP contribution < -0.4 is 4.74 Å². The van der Waals surface area contributed by atoms with Gasteiger partial charge in [0.05, 0.1) is 7.11 Å². The molecule has 1 aromatic carbocycles. The van der Waals surface area contributed by atoms with Crippen molar-refractivity contribution in [2.24, 2.45) is 0 Å². The van der Waals surface area contributed by atoms with Gasteiger partial charge in [0.2, 0.25) is 0 Å². The molecule has 0 spiro atoms. The molecule has 0 heterocycles. The summed E-state index contributed by atoms with van der Waals surface area (Å²) in [4.78, 5) is 0. The van der Waals surface area contributed by atoms with Crippen molar-refractivity contribution in [3.63, 3.8) is 0 Å². The van der Waals surface area contributed by atoms with Gasteiger partial charge >= 0.3 is 0 Å². The van der Waals surface area contributed by atoms with Gasteiger partial charge in [0.25, 0.3) is 0 Å². The molecule has 2 radical (unpaired) electrons. The molecule has 0 fully saturated rings. The van der Waals surface area contributed by atoms with E-state index >= 15 is 0 Å². The highest BCUT2D eigenvalue weighted by Gasteiger charge is 2.13. The molecule has 0 aliphatic heterocycles. The van der Waals surface area contributed by atoms with Crippen LogP contribution in [0.1, 0.15) is 17.2 Å². The molecule has 0 saturated carbocycles. The lowest BCUT2D eigenvalue weighted by atomic mass is 10.0. The molecule has 1 atom stereocenters. The Kier molecular flexibility index (Phi) is 3.92. The molecule has 3 nitrogen and oxygen atoms in total. The van der Waals surface area contributed by atoms with E-state index in [0.29, 0.717) is 5.75 Å². The fourth-order valence-corrected chi connectivity index (χ4v) is 1.28. The summed E-state index contributed by atoms with van der Waals surface area (Å²) in [6.45, 7) is 3.52. The second kappa shape index (κ2) is 4.98. The number of benzene rings is 1. The number of hydrogen-bond acceptors (Lipinski definition) is 2. The van der Waals surface area contributed by atoms with Crippen molar-refractivity contribution in [3.8, 4) is 5.75 Å². The third kappa shape index (κ3) is 2.25. The second-order valence-corrected chi connectivity index (χ2v) is 2.96. The molecule has 76 valence electrons. The summed E-state index contributed by atoms with van der Waals surface area (Å²) >= 11 is 0. The molecule has 0 amide bonds. The number of rotatable bonds is 4. The van der Waals surface area contributed by atoms with Crippen LogP contribution in [0.15, 0.2) is 18.2 Å². The standard InChI is InChI=1S/C11H14O3/c1-8-4-5-9(13-2)6-10(8)11(7-12)14-3/h4-6,11H,1,7H2,2-3H3. The Balaban J connectivity index is 3.04. The van der Waals surface area contributed by atoms with E-state index in [1.165, 1.54) is 7.11 Å². The van der Waals surface area contributed by atoms with E-state index in [9.17, 15) is 5.11 Å². The maximum atomic E-state index is 10.8. The molecule has 1 aromatic rings. The fraction of sp³-hybridized carbons (Fsp3) is 0.364. The molecule has 1 rings (SSSR count). The van der Waals surface area contributed by atoms with Crippen LogP contribution in [0, 0.1) is 6.92 Å². The zero-order chi connectivity index (χ0) is 10.6. The van der Waals surface area contributed by atoms with E-state index in [2.05, 4.69) is 6.92 Å².